The van der Waals surface area contributed by atoms with Gasteiger partial charge in [0.2, 0.25) is 0 Å². The maximum Gasteiger partial charge on any atom is 0.261 e. The quantitative estimate of drug-likeness (QED) is 0.361. The number of ether oxygens (including phenoxy) is 1. The van der Waals surface area contributed by atoms with Crippen LogP contribution in [0, 0.1) is 6.92 Å². The van der Waals surface area contributed by atoms with Gasteiger partial charge in [-0.3, -0.25) is 9.69 Å². The first kappa shape index (κ1) is 25.7. The normalized spacial score (nSPS) is 10.9. The number of carbonyl (C=O) groups excluding carboxylic acids is 1. The van der Waals surface area contributed by atoms with Crippen LogP contribution in [0.25, 0.3) is 10.2 Å². The predicted molar refractivity (Wildman–Crippen MR) is 134 cm³/mol. The molecular weight excluding hydrogens is 477 g/mol. The van der Waals surface area contributed by atoms with Crippen LogP contribution in [0.1, 0.15) is 29.8 Å². The molecule has 0 aliphatic heterocycles. The maximum atomic E-state index is 13.5. The zero-order valence-corrected chi connectivity index (χ0v) is 21.1. The minimum Gasteiger partial charge on any atom is -0.494 e. The van der Waals surface area contributed by atoms with Crippen molar-refractivity contribution in [3.8, 4) is 5.75 Å². The van der Waals surface area contributed by atoms with Gasteiger partial charge in [0, 0.05) is 18.1 Å². The van der Waals surface area contributed by atoms with Gasteiger partial charge in [-0.15, -0.1) is 12.4 Å². The van der Waals surface area contributed by atoms with Crippen LogP contribution < -0.4 is 9.64 Å². The van der Waals surface area contributed by atoms with E-state index in [2.05, 4.69) is 18.7 Å². The van der Waals surface area contributed by atoms with Crippen molar-refractivity contribution >= 4 is 68.2 Å². The summed E-state index contributed by atoms with van der Waals surface area (Å²) in [6, 6.07) is 8.83. The molecule has 1 heterocycles. The molecule has 0 fully saturated rings. The number of hydrogen-bond acceptors (Lipinski definition) is 5. The minimum atomic E-state index is -0.195. The van der Waals surface area contributed by atoms with Gasteiger partial charge < -0.3 is 9.64 Å². The second kappa shape index (κ2) is 11.3. The number of hydrogen-bond donors (Lipinski definition) is 0. The van der Waals surface area contributed by atoms with Gasteiger partial charge in [0.15, 0.2) is 5.13 Å². The molecule has 1 amide bonds. The summed E-state index contributed by atoms with van der Waals surface area (Å²) in [6.07, 6.45) is 0. The Hall–Kier alpha value is -1.57. The number of carbonyl (C=O) groups is 1. The molecule has 0 radical (unpaired) electrons. The molecular formula is C22H26Cl3N3O2S. The molecule has 0 aliphatic carbocycles. The summed E-state index contributed by atoms with van der Waals surface area (Å²) in [6.45, 7) is 9.30. The smallest absolute Gasteiger partial charge is 0.261 e. The Balaban J connectivity index is 0.00000341. The molecule has 0 aliphatic rings. The molecule has 0 spiro atoms. The molecule has 3 rings (SSSR count). The van der Waals surface area contributed by atoms with E-state index in [9.17, 15) is 4.79 Å². The molecule has 0 bridgehead atoms. The number of nitrogens with zero attached hydrogens (tertiary/aromatic N) is 3. The van der Waals surface area contributed by atoms with Crippen molar-refractivity contribution in [2.45, 2.75) is 20.8 Å². The third-order valence-corrected chi connectivity index (χ3v) is 6.85. The first-order valence-electron chi connectivity index (χ1n) is 9.82. The van der Waals surface area contributed by atoms with E-state index < -0.39 is 0 Å². The van der Waals surface area contributed by atoms with E-state index in [0.717, 1.165) is 35.4 Å². The number of aryl methyl sites for hydroxylation is 1. The fourth-order valence-electron chi connectivity index (χ4n) is 3.25. The van der Waals surface area contributed by atoms with Crippen LogP contribution in [0.5, 0.6) is 5.75 Å². The highest BCUT2D eigenvalue weighted by Gasteiger charge is 2.25. The van der Waals surface area contributed by atoms with Crippen molar-refractivity contribution in [1.82, 2.24) is 9.88 Å². The van der Waals surface area contributed by atoms with E-state index in [-0.39, 0.29) is 18.3 Å². The lowest BCUT2D eigenvalue weighted by molar-refractivity contribution is 0.0984. The summed E-state index contributed by atoms with van der Waals surface area (Å²) < 4.78 is 6.49. The van der Waals surface area contributed by atoms with Gasteiger partial charge >= 0.3 is 0 Å². The van der Waals surface area contributed by atoms with E-state index in [4.69, 9.17) is 32.9 Å². The van der Waals surface area contributed by atoms with Gasteiger partial charge in [0.25, 0.3) is 5.91 Å². The summed E-state index contributed by atoms with van der Waals surface area (Å²) in [5.41, 5.74) is 2.26. The van der Waals surface area contributed by atoms with Crippen LogP contribution in [0.2, 0.25) is 10.0 Å². The summed E-state index contributed by atoms with van der Waals surface area (Å²) in [5.74, 6) is 0.498. The van der Waals surface area contributed by atoms with Gasteiger partial charge in [-0.2, -0.15) is 0 Å². The van der Waals surface area contributed by atoms with E-state index in [0.29, 0.717) is 33.0 Å². The SMILES string of the molecule is CCN(CC)CCN(C(=O)c1ccc(Cl)cc1Cl)c1nc2c(OC)ccc(C)c2s1.Cl. The number of thiazole rings is 1. The number of benzene rings is 2. The number of halogens is 3. The van der Waals surface area contributed by atoms with Crippen molar-refractivity contribution in [2.24, 2.45) is 0 Å². The second-order valence-corrected chi connectivity index (χ2v) is 8.69. The van der Waals surface area contributed by atoms with Crippen molar-refractivity contribution in [3.63, 3.8) is 0 Å². The Morgan fingerprint density at radius 1 is 1.13 bits per heavy atom. The third-order valence-electron chi connectivity index (χ3n) is 5.08. The number of methoxy groups -OCH3 is 1. The summed E-state index contributed by atoms with van der Waals surface area (Å²) in [4.78, 5) is 22.2. The summed E-state index contributed by atoms with van der Waals surface area (Å²) in [7, 11) is 1.62. The summed E-state index contributed by atoms with van der Waals surface area (Å²) >= 11 is 13.9. The standard InChI is InChI=1S/C22H25Cl2N3O2S.ClH/c1-5-26(6-2)11-12-27(21(28)16-9-8-15(23)13-17(16)24)22-25-19-18(29-4)10-7-14(3)20(19)30-22;/h7-10,13H,5-6,11-12H2,1-4H3;1H. The maximum absolute atomic E-state index is 13.5. The van der Waals surface area contributed by atoms with Crippen molar-refractivity contribution in [1.29, 1.82) is 0 Å². The lowest BCUT2D eigenvalue weighted by Gasteiger charge is -2.25. The predicted octanol–water partition coefficient (Wildman–Crippen LogP) is 6.33. The van der Waals surface area contributed by atoms with Crippen LogP contribution >= 0.6 is 46.9 Å². The number of amides is 1. The Kier molecular flexibility index (Phi) is 9.40. The number of anilines is 1. The van der Waals surface area contributed by atoms with Gasteiger partial charge in [-0.25, -0.2) is 4.98 Å². The van der Waals surface area contributed by atoms with Gasteiger partial charge in [0.1, 0.15) is 11.3 Å². The molecule has 0 saturated carbocycles. The Morgan fingerprint density at radius 3 is 2.45 bits per heavy atom. The van der Waals surface area contributed by atoms with Gasteiger partial charge in [-0.05, 0) is 49.8 Å². The van der Waals surface area contributed by atoms with Crippen molar-refractivity contribution in [3.05, 3.63) is 51.5 Å². The molecule has 1 aromatic heterocycles. The van der Waals surface area contributed by atoms with Crippen molar-refractivity contribution < 1.29 is 9.53 Å². The third kappa shape index (κ3) is 5.62. The molecule has 0 atom stereocenters. The second-order valence-electron chi connectivity index (χ2n) is 6.87. The highest BCUT2D eigenvalue weighted by molar-refractivity contribution is 7.22. The fraction of sp³-hybridized carbons (Fsp3) is 0.364. The summed E-state index contributed by atoms with van der Waals surface area (Å²) in [5, 5.41) is 1.45. The average molecular weight is 503 g/mol. The van der Waals surface area contributed by atoms with Crippen LogP contribution in [0.4, 0.5) is 5.13 Å². The van der Waals surface area contributed by atoms with Crippen LogP contribution in [0.3, 0.4) is 0 Å². The molecule has 168 valence electrons. The lowest BCUT2D eigenvalue weighted by Crippen LogP contribution is -2.39. The average Bonchev–Trinajstić information content (AvgIpc) is 3.17. The number of rotatable bonds is 8. The molecule has 0 N–H and O–H groups in total. The zero-order chi connectivity index (χ0) is 21.8. The first-order chi connectivity index (χ1) is 14.4. The Bertz CT molecular complexity index is 1050. The topological polar surface area (TPSA) is 45.7 Å². The van der Waals surface area contributed by atoms with Gasteiger partial charge in [0.05, 0.1) is 22.4 Å². The fourth-order valence-corrected chi connectivity index (χ4v) is 4.82. The number of aromatic nitrogens is 1. The van der Waals surface area contributed by atoms with Crippen molar-refractivity contribution in [2.75, 3.05) is 38.2 Å². The zero-order valence-electron chi connectivity index (χ0n) is 17.9. The monoisotopic (exact) mass is 501 g/mol. The van der Waals surface area contributed by atoms with Crippen LogP contribution in [0.15, 0.2) is 30.3 Å². The van der Waals surface area contributed by atoms with Crippen LogP contribution in [-0.2, 0) is 0 Å². The lowest BCUT2D eigenvalue weighted by atomic mass is 10.2. The highest BCUT2D eigenvalue weighted by Crippen LogP contribution is 2.37. The highest BCUT2D eigenvalue weighted by atomic mass is 35.5. The molecule has 9 heteroatoms. The Morgan fingerprint density at radius 2 is 1.84 bits per heavy atom. The van der Waals surface area contributed by atoms with Gasteiger partial charge in [-0.1, -0.05) is 54.5 Å². The van der Waals surface area contributed by atoms with Crippen LogP contribution in [-0.4, -0.2) is 49.1 Å². The first-order valence-corrected chi connectivity index (χ1v) is 11.4. The largest absolute Gasteiger partial charge is 0.494 e. The molecule has 5 nitrogen and oxygen atoms in total. The molecule has 31 heavy (non-hydrogen) atoms. The number of likely N-dealkylation sites (N-methyl/N-ethyl adjacent to an activating group) is 1. The Labute approximate surface area is 203 Å². The molecule has 2 aromatic carbocycles. The minimum absolute atomic E-state index is 0. The van der Waals surface area contributed by atoms with E-state index in [1.165, 1.54) is 11.3 Å². The molecule has 0 unspecified atom stereocenters. The molecule has 3 aromatic rings. The van der Waals surface area contributed by atoms with E-state index in [1.54, 1.807) is 30.2 Å². The van der Waals surface area contributed by atoms with E-state index >= 15 is 0 Å². The number of fused-ring (bicyclic) bond motifs is 1. The van der Waals surface area contributed by atoms with E-state index in [1.807, 2.05) is 19.1 Å². The molecule has 0 saturated heterocycles.